The van der Waals surface area contributed by atoms with Gasteiger partial charge in [0.2, 0.25) is 6.41 Å². The highest BCUT2D eigenvalue weighted by Gasteiger charge is 2.25. The maximum Gasteiger partial charge on any atom is 0.290 e. The normalized spacial score (nSPS) is 9.68. The van der Waals surface area contributed by atoms with Crippen LogP contribution in [0.4, 0.5) is 11.6 Å². The fraction of sp³-hybridized carbons (Fsp3) is 0.222. The number of nitrogens with two attached hydrogens (primary N) is 1. The average molecular weight is 516 g/mol. The van der Waals surface area contributed by atoms with Crippen LogP contribution >= 0.6 is 27.5 Å². The molecule has 0 bridgehead atoms. The topological polar surface area (TPSA) is 158 Å². The number of aryl methyl sites for hydroxylation is 2. The van der Waals surface area contributed by atoms with Gasteiger partial charge in [0.05, 0.1) is 19.8 Å². The summed E-state index contributed by atoms with van der Waals surface area (Å²) in [5.74, 6) is 1.43. The first-order chi connectivity index (χ1) is 14.8. The van der Waals surface area contributed by atoms with Crippen molar-refractivity contribution in [3.05, 3.63) is 39.8 Å². The van der Waals surface area contributed by atoms with Crippen molar-refractivity contribution in [2.45, 2.75) is 20.0 Å². The van der Waals surface area contributed by atoms with E-state index in [1.54, 1.807) is 0 Å². The summed E-state index contributed by atoms with van der Waals surface area (Å²) in [6.07, 6.45) is 2.20. The Balaban J connectivity index is 0.000000720. The number of amides is 1. The van der Waals surface area contributed by atoms with E-state index in [1.807, 2.05) is 36.7 Å². The van der Waals surface area contributed by atoms with Crippen molar-refractivity contribution in [2.24, 2.45) is 7.05 Å². The Morgan fingerprint density at radius 2 is 2.00 bits per heavy atom. The van der Waals surface area contributed by atoms with Gasteiger partial charge in [0.1, 0.15) is 11.1 Å². The third-order valence-electron chi connectivity index (χ3n) is 4.07. The van der Waals surface area contributed by atoms with Gasteiger partial charge < -0.3 is 20.7 Å². The van der Waals surface area contributed by atoms with Crippen molar-refractivity contribution in [1.82, 2.24) is 14.5 Å². The number of hydrogen-bond donors (Lipinski definition) is 2. The first-order valence-corrected chi connectivity index (χ1v) is 9.76. The van der Waals surface area contributed by atoms with Gasteiger partial charge in [-0.3, -0.25) is 14.5 Å². The Morgan fingerprint density at radius 3 is 2.55 bits per heavy atom. The predicted molar refractivity (Wildman–Crippen MR) is 115 cm³/mol. The molecule has 2 aromatic heterocycles. The standard InChI is InChI=1S/C16H17BrClN6O.2CH2O2/c1-3-24-12-6-10(18)4-5-11(12)22(2)14(24)8-23(9-25)16-15(19)20-7-13(17)21-16;2*2-1-3/h4-7,9H,3,8H2,1-2H3,(H2,19,20);2*1H,(H,2,3)/q+1;;/p-1. The van der Waals surface area contributed by atoms with Crippen LogP contribution in [0.15, 0.2) is 29.0 Å². The average Bonchev–Trinajstić information content (AvgIpc) is 2.99. The summed E-state index contributed by atoms with van der Waals surface area (Å²) in [7, 11) is 1.96. The molecule has 0 saturated carbocycles. The van der Waals surface area contributed by atoms with Crippen molar-refractivity contribution in [1.29, 1.82) is 0 Å². The Hall–Kier alpha value is -3.25. The monoisotopic (exact) mass is 514 g/mol. The largest absolute Gasteiger partial charge is 0.554 e. The molecule has 2 heterocycles. The SMILES string of the molecule is CCn1c(CN(C=O)c2nc(Br)cnc2N)[n+](C)c2ccc(Cl)cc21.O=CO.O=C[O-]. The van der Waals surface area contributed by atoms with Crippen molar-refractivity contribution in [3.63, 3.8) is 0 Å². The zero-order valence-corrected chi connectivity index (χ0v) is 18.9. The highest BCUT2D eigenvalue weighted by molar-refractivity contribution is 9.10. The molecule has 0 spiro atoms. The maximum absolute atomic E-state index is 11.7. The number of imidazole rings is 1. The van der Waals surface area contributed by atoms with Crippen LogP contribution in [0.2, 0.25) is 5.02 Å². The first-order valence-electron chi connectivity index (χ1n) is 8.59. The minimum atomic E-state index is -0.500. The highest BCUT2D eigenvalue weighted by Crippen LogP contribution is 2.23. The number of benzene rings is 1. The molecular weight excluding hydrogens is 496 g/mol. The fourth-order valence-corrected chi connectivity index (χ4v) is 3.33. The van der Waals surface area contributed by atoms with Crippen LogP contribution in [0.25, 0.3) is 11.0 Å². The number of aromatic nitrogens is 4. The zero-order chi connectivity index (χ0) is 23.6. The van der Waals surface area contributed by atoms with E-state index in [1.165, 1.54) is 11.1 Å². The van der Waals surface area contributed by atoms with E-state index in [2.05, 4.69) is 30.5 Å². The number of carbonyl (C=O) groups excluding carboxylic acids is 2. The van der Waals surface area contributed by atoms with E-state index in [-0.39, 0.29) is 12.3 Å². The summed E-state index contributed by atoms with van der Waals surface area (Å²) >= 11 is 9.41. The van der Waals surface area contributed by atoms with Crippen molar-refractivity contribution in [3.8, 4) is 0 Å². The van der Waals surface area contributed by atoms with Crippen LogP contribution in [0.1, 0.15) is 12.7 Å². The van der Waals surface area contributed by atoms with E-state index in [0.29, 0.717) is 28.4 Å². The molecule has 0 aliphatic heterocycles. The molecule has 166 valence electrons. The third-order valence-corrected chi connectivity index (χ3v) is 4.68. The second-order valence-electron chi connectivity index (χ2n) is 5.69. The van der Waals surface area contributed by atoms with Gasteiger partial charge in [0.15, 0.2) is 22.7 Å². The minimum Gasteiger partial charge on any atom is -0.554 e. The van der Waals surface area contributed by atoms with Crippen LogP contribution < -0.4 is 20.3 Å². The minimum absolute atomic E-state index is 0.195. The Bertz CT molecular complexity index is 1060. The van der Waals surface area contributed by atoms with Crippen molar-refractivity contribution in [2.75, 3.05) is 10.6 Å². The molecule has 31 heavy (non-hydrogen) atoms. The summed E-state index contributed by atoms with van der Waals surface area (Å²) in [6.45, 7) is 2.33. The lowest BCUT2D eigenvalue weighted by atomic mass is 10.3. The van der Waals surface area contributed by atoms with Gasteiger partial charge in [-0.2, -0.15) is 0 Å². The summed E-state index contributed by atoms with van der Waals surface area (Å²) in [4.78, 5) is 38.1. The summed E-state index contributed by atoms with van der Waals surface area (Å²) in [5, 5.41) is 15.8. The van der Waals surface area contributed by atoms with E-state index < -0.39 is 6.47 Å². The number of halogens is 2. The highest BCUT2D eigenvalue weighted by atomic mass is 79.9. The molecule has 0 aliphatic carbocycles. The molecule has 3 N–H and O–H groups in total. The first kappa shape index (κ1) is 25.8. The van der Waals surface area contributed by atoms with Gasteiger partial charge in [-0.15, -0.1) is 0 Å². The molecule has 0 saturated heterocycles. The number of nitrogens with zero attached hydrogens (tertiary/aromatic N) is 5. The second-order valence-corrected chi connectivity index (χ2v) is 6.94. The van der Waals surface area contributed by atoms with Gasteiger partial charge in [0.25, 0.3) is 12.3 Å². The molecule has 1 aromatic carbocycles. The molecule has 0 aliphatic rings. The number of rotatable bonds is 5. The summed E-state index contributed by atoms with van der Waals surface area (Å²) in [5.41, 5.74) is 7.93. The van der Waals surface area contributed by atoms with E-state index in [0.717, 1.165) is 23.4 Å². The predicted octanol–water partition coefficient (Wildman–Crippen LogP) is 0.504. The van der Waals surface area contributed by atoms with Crippen LogP contribution in [0.3, 0.4) is 0 Å². The van der Waals surface area contributed by atoms with Crippen LogP contribution in [-0.2, 0) is 34.5 Å². The van der Waals surface area contributed by atoms with E-state index in [4.69, 9.17) is 37.1 Å². The second kappa shape index (κ2) is 12.4. The van der Waals surface area contributed by atoms with Gasteiger partial charge in [-0.05, 0) is 35.0 Å². The lowest BCUT2D eigenvalue weighted by Gasteiger charge is -2.16. The number of nitrogen functional groups attached to an aromatic ring is 1. The zero-order valence-electron chi connectivity index (χ0n) is 16.6. The van der Waals surface area contributed by atoms with Gasteiger partial charge in [-0.1, -0.05) is 11.6 Å². The van der Waals surface area contributed by atoms with Crippen molar-refractivity contribution >= 4 is 69.6 Å². The van der Waals surface area contributed by atoms with E-state index in [9.17, 15) is 4.79 Å². The molecule has 3 aromatic rings. The van der Waals surface area contributed by atoms with Crippen LogP contribution in [0, 0.1) is 0 Å². The fourth-order valence-electron chi connectivity index (χ4n) is 2.89. The molecule has 0 unspecified atom stereocenters. The maximum atomic E-state index is 11.7. The Labute approximate surface area is 190 Å². The summed E-state index contributed by atoms with van der Waals surface area (Å²) < 4.78 is 4.66. The number of fused-ring (bicyclic) bond motifs is 1. The number of carboxylic acid groups (broad SMARTS) is 2. The molecule has 3 rings (SSSR count). The molecule has 11 nitrogen and oxygen atoms in total. The number of hydrogen-bond acceptors (Lipinski definition) is 7. The molecule has 1 amide bonds. The molecular formula is C18H20BrClN6O5. The van der Waals surface area contributed by atoms with Crippen molar-refractivity contribution < 1.29 is 29.2 Å². The van der Waals surface area contributed by atoms with Gasteiger partial charge in [0, 0.05) is 17.6 Å². The Kier molecular flexibility index (Phi) is 10.4. The van der Waals surface area contributed by atoms with Crippen LogP contribution in [-0.4, -0.2) is 39.0 Å². The third kappa shape index (κ3) is 6.36. The molecule has 0 radical (unpaired) electrons. The quantitative estimate of drug-likeness (QED) is 0.367. The van der Waals surface area contributed by atoms with Crippen LogP contribution in [0.5, 0.6) is 0 Å². The summed E-state index contributed by atoms with van der Waals surface area (Å²) in [6, 6.07) is 5.73. The van der Waals surface area contributed by atoms with E-state index >= 15 is 0 Å². The van der Waals surface area contributed by atoms with Gasteiger partial charge in [-0.25, -0.2) is 19.1 Å². The Morgan fingerprint density at radius 1 is 1.39 bits per heavy atom. The lowest BCUT2D eigenvalue weighted by Crippen LogP contribution is -2.38. The molecule has 0 atom stereocenters. The number of anilines is 2. The number of carbonyl (C=O) groups is 3. The smallest absolute Gasteiger partial charge is 0.290 e. The molecule has 0 fully saturated rings. The lowest BCUT2D eigenvalue weighted by molar-refractivity contribution is -0.653. The van der Waals surface area contributed by atoms with Gasteiger partial charge >= 0.3 is 0 Å². The molecule has 13 heteroatoms.